The molecule has 0 fully saturated rings. The molecule has 21 heteroatoms. The molecule has 21 nitrogen and oxygen atoms in total. The Hall–Kier alpha value is -7.55. The molecule has 0 bridgehead atoms. The fourth-order valence-electron chi connectivity index (χ4n) is 7.84. The molecule has 0 unspecified atom stereocenters. The highest BCUT2D eigenvalue weighted by atomic mass is 16.5. The van der Waals surface area contributed by atoms with Gasteiger partial charge in [0.2, 0.25) is 29.6 Å². The quantitative estimate of drug-likeness (QED) is 0.0617. The number of amides is 5. The summed E-state index contributed by atoms with van der Waals surface area (Å²) >= 11 is 0. The standard InChI is InChI=1S/C43H53N15O6/c1-8-56-32(16-24(3)51-56)40(62)49-42-47-30-19-27(39(45)61)21-34(64-15-11-13-46-35(59)23-53(5)6)37(30)55(42)14-10-12-28-22-54(7)31-20-26(38(44)60)18-29-36(31)58(28)43(48-29)50-41(63)33-17-25(4)52-57(33)9-2/h10,12,16-21,28H,8-9,11,13-15,22-23H2,1-7H3,(H2,44,60)(H2,45,61)(H,46,59)(H,47,49,62)(H,48,50,63)/b12-10+/t28-/m0/s1. The van der Waals surface area contributed by atoms with Crippen molar-refractivity contribution in [2.45, 2.75) is 59.8 Å². The third-order valence-corrected chi connectivity index (χ3v) is 10.7. The SMILES string of the molecule is CCn1nc(C)cc1C(=O)Nc1nc2cc(C(N)=O)cc(OCCCNC(=O)CN(C)C)c2n1C/C=C/[C@H]1CN(C)c2cc(C(N)=O)cc3nc(NC(=O)c4cc(C)nn4CC)n1c23. The molecule has 1 aliphatic rings. The van der Waals surface area contributed by atoms with E-state index in [2.05, 4.69) is 26.1 Å². The maximum atomic E-state index is 13.9. The predicted octanol–water partition coefficient (Wildman–Crippen LogP) is 2.83. The van der Waals surface area contributed by atoms with Crippen LogP contribution in [0.5, 0.6) is 5.75 Å². The number of anilines is 3. The first kappa shape index (κ1) is 44.5. The van der Waals surface area contributed by atoms with E-state index >= 15 is 0 Å². The van der Waals surface area contributed by atoms with E-state index in [1.54, 1.807) is 56.1 Å². The zero-order valence-electron chi connectivity index (χ0n) is 36.9. The topological polar surface area (TPSA) is 260 Å². The van der Waals surface area contributed by atoms with Crippen LogP contribution < -0.4 is 37.1 Å². The van der Waals surface area contributed by atoms with E-state index in [4.69, 9.17) is 26.2 Å². The third-order valence-electron chi connectivity index (χ3n) is 10.7. The van der Waals surface area contributed by atoms with Gasteiger partial charge in [-0.1, -0.05) is 12.2 Å². The highest BCUT2D eigenvalue weighted by molar-refractivity contribution is 6.06. The van der Waals surface area contributed by atoms with Crippen LogP contribution in [0.3, 0.4) is 0 Å². The zero-order chi connectivity index (χ0) is 46.0. The first-order valence-electron chi connectivity index (χ1n) is 20.9. The van der Waals surface area contributed by atoms with E-state index in [-0.39, 0.29) is 48.6 Å². The molecule has 1 atom stereocenters. The van der Waals surface area contributed by atoms with Crippen LogP contribution in [0.15, 0.2) is 48.6 Å². The van der Waals surface area contributed by atoms with Crippen LogP contribution in [0.25, 0.3) is 22.1 Å². The van der Waals surface area contributed by atoms with Gasteiger partial charge in [-0.2, -0.15) is 10.2 Å². The molecular formula is C43H53N15O6. The number of nitrogens with one attached hydrogen (secondary N) is 3. The minimum atomic E-state index is -0.696. The predicted molar refractivity (Wildman–Crippen MR) is 241 cm³/mol. The summed E-state index contributed by atoms with van der Waals surface area (Å²) in [6, 6.07) is 9.37. The minimum Gasteiger partial charge on any atom is -0.491 e. The van der Waals surface area contributed by atoms with Gasteiger partial charge in [-0.05, 0) is 84.6 Å². The van der Waals surface area contributed by atoms with Crippen LogP contribution in [0.4, 0.5) is 17.6 Å². The molecule has 5 heterocycles. The number of benzene rings is 2. The van der Waals surface area contributed by atoms with Crippen molar-refractivity contribution < 1.29 is 28.7 Å². The lowest BCUT2D eigenvalue weighted by atomic mass is 10.1. The number of nitrogens with two attached hydrogens (primary N) is 2. The number of nitrogens with zero attached hydrogens (tertiary/aromatic N) is 10. The van der Waals surface area contributed by atoms with E-state index in [1.165, 1.54) is 6.07 Å². The Bertz CT molecular complexity index is 2830. The van der Waals surface area contributed by atoms with Crippen molar-refractivity contribution in [2.24, 2.45) is 11.5 Å². The molecule has 4 aromatic heterocycles. The van der Waals surface area contributed by atoms with Gasteiger partial charge in [0.15, 0.2) is 0 Å². The number of rotatable bonds is 18. The minimum absolute atomic E-state index is 0.124. The number of primary amides is 2. The Morgan fingerprint density at radius 3 is 2.00 bits per heavy atom. The highest BCUT2D eigenvalue weighted by Crippen LogP contribution is 2.39. The van der Waals surface area contributed by atoms with Gasteiger partial charge >= 0.3 is 0 Å². The van der Waals surface area contributed by atoms with E-state index < -0.39 is 29.7 Å². The largest absolute Gasteiger partial charge is 0.491 e. The molecule has 0 aliphatic carbocycles. The fraction of sp³-hybridized carbons (Fsp3) is 0.372. The molecule has 0 saturated carbocycles. The van der Waals surface area contributed by atoms with Gasteiger partial charge < -0.3 is 35.9 Å². The Kier molecular flexibility index (Phi) is 12.8. The summed E-state index contributed by atoms with van der Waals surface area (Å²) < 4.78 is 13.2. The first-order chi connectivity index (χ1) is 30.6. The van der Waals surface area contributed by atoms with Crippen molar-refractivity contribution in [2.75, 3.05) is 62.9 Å². The van der Waals surface area contributed by atoms with Crippen molar-refractivity contribution in [1.82, 2.24) is 48.9 Å². The molecule has 2 aromatic carbocycles. The summed E-state index contributed by atoms with van der Waals surface area (Å²) in [5.74, 6) is -1.57. The van der Waals surface area contributed by atoms with Gasteiger partial charge in [-0.25, -0.2) is 9.97 Å². The molecular weight excluding hydrogens is 823 g/mol. The summed E-state index contributed by atoms with van der Waals surface area (Å²) in [4.78, 5) is 78.2. The molecule has 7 rings (SSSR count). The van der Waals surface area contributed by atoms with Gasteiger partial charge in [0.25, 0.3) is 11.8 Å². The second kappa shape index (κ2) is 18.4. The van der Waals surface area contributed by atoms with Crippen LogP contribution in [-0.4, -0.2) is 120 Å². The van der Waals surface area contributed by atoms with Gasteiger partial charge in [0.1, 0.15) is 22.7 Å². The lowest BCUT2D eigenvalue weighted by Crippen LogP contribution is -2.34. The zero-order valence-corrected chi connectivity index (χ0v) is 36.9. The van der Waals surface area contributed by atoms with Gasteiger partial charge in [-0.15, -0.1) is 0 Å². The van der Waals surface area contributed by atoms with E-state index in [0.717, 1.165) is 0 Å². The van der Waals surface area contributed by atoms with E-state index in [1.807, 2.05) is 63.5 Å². The summed E-state index contributed by atoms with van der Waals surface area (Å²) in [6.45, 7) is 9.66. The number of allylic oxidation sites excluding steroid dienone is 1. The summed E-state index contributed by atoms with van der Waals surface area (Å²) in [5.41, 5.74) is 16.6. The molecule has 0 spiro atoms. The number of ether oxygens (including phenoxy) is 1. The molecule has 5 amide bonds. The molecule has 6 aromatic rings. The fourth-order valence-corrected chi connectivity index (χ4v) is 7.84. The maximum Gasteiger partial charge on any atom is 0.276 e. The lowest BCUT2D eigenvalue weighted by molar-refractivity contribution is -0.121. The highest BCUT2D eigenvalue weighted by Gasteiger charge is 2.30. The maximum absolute atomic E-state index is 13.9. The lowest BCUT2D eigenvalue weighted by Gasteiger charge is -2.32. The molecule has 0 saturated heterocycles. The van der Waals surface area contributed by atoms with Gasteiger partial charge in [0, 0.05) is 50.9 Å². The number of hydrogen-bond donors (Lipinski definition) is 5. The van der Waals surface area contributed by atoms with Crippen LogP contribution in [0, 0.1) is 13.8 Å². The van der Waals surface area contributed by atoms with Crippen molar-refractivity contribution in [3.8, 4) is 5.75 Å². The van der Waals surface area contributed by atoms with Gasteiger partial charge in [0.05, 0.1) is 52.8 Å². The monoisotopic (exact) mass is 875 g/mol. The van der Waals surface area contributed by atoms with Crippen molar-refractivity contribution in [1.29, 1.82) is 0 Å². The third kappa shape index (κ3) is 9.14. The Balaban J connectivity index is 1.28. The number of carbonyl (C=O) groups is 5. The van der Waals surface area contributed by atoms with Crippen molar-refractivity contribution in [3.63, 3.8) is 0 Å². The molecule has 1 aliphatic heterocycles. The second-order valence-electron chi connectivity index (χ2n) is 15.8. The molecule has 7 N–H and O–H groups in total. The number of hydrogen-bond acceptors (Lipinski definition) is 12. The average molecular weight is 876 g/mol. The van der Waals surface area contributed by atoms with Crippen LogP contribution in [-0.2, 0) is 24.4 Å². The van der Waals surface area contributed by atoms with Crippen LogP contribution in [0.1, 0.15) is 79.4 Å². The Morgan fingerprint density at radius 2 is 1.41 bits per heavy atom. The number of fused-ring (bicyclic) bond motifs is 1. The smallest absolute Gasteiger partial charge is 0.276 e. The summed E-state index contributed by atoms with van der Waals surface area (Å²) in [6.07, 6.45) is 4.31. The van der Waals surface area contributed by atoms with Crippen molar-refractivity contribution in [3.05, 3.63) is 82.5 Å². The number of imidazole rings is 2. The first-order valence-corrected chi connectivity index (χ1v) is 20.9. The number of likely N-dealkylation sites (N-methyl/N-ethyl adjacent to an activating group) is 2. The second-order valence-corrected chi connectivity index (χ2v) is 15.8. The van der Waals surface area contributed by atoms with E-state index in [0.29, 0.717) is 88.9 Å². The average Bonchev–Trinajstić information content (AvgIpc) is 4.01. The summed E-state index contributed by atoms with van der Waals surface area (Å²) in [7, 11) is 5.51. The number of carbonyl (C=O) groups excluding carboxylic acids is 5. The van der Waals surface area contributed by atoms with Crippen LogP contribution >= 0.6 is 0 Å². The molecule has 336 valence electrons. The van der Waals surface area contributed by atoms with Crippen molar-refractivity contribution >= 4 is 69.2 Å². The molecule has 64 heavy (non-hydrogen) atoms. The number of aromatic nitrogens is 8. The number of aryl methyl sites for hydroxylation is 4. The van der Waals surface area contributed by atoms with E-state index in [9.17, 15) is 24.0 Å². The Morgan fingerprint density at radius 1 is 0.828 bits per heavy atom. The van der Waals surface area contributed by atoms with Gasteiger partial charge in [-0.3, -0.25) is 48.5 Å². The molecule has 0 radical (unpaired) electrons. The summed E-state index contributed by atoms with van der Waals surface area (Å²) in [5, 5.41) is 17.7. The normalized spacial score (nSPS) is 13.6. The Labute approximate surface area is 368 Å². The van der Waals surface area contributed by atoms with Crippen LogP contribution in [0.2, 0.25) is 0 Å².